The summed E-state index contributed by atoms with van der Waals surface area (Å²) in [6, 6.07) is 0. The molecule has 2 N–H and O–H groups in total. The number of nitrogens with one attached hydrogen (secondary N) is 1. The van der Waals surface area contributed by atoms with Gasteiger partial charge in [0.1, 0.15) is 0 Å². The van der Waals surface area contributed by atoms with E-state index in [1.807, 2.05) is 13.0 Å². The van der Waals surface area contributed by atoms with E-state index in [4.69, 9.17) is 5.11 Å². The Balaban J connectivity index is 3.42. The van der Waals surface area contributed by atoms with Gasteiger partial charge in [0.15, 0.2) is 0 Å². The summed E-state index contributed by atoms with van der Waals surface area (Å²) >= 11 is 0. The first kappa shape index (κ1) is 11.3. The average molecular weight is 170 g/mol. The molecule has 0 aromatic heterocycles. The van der Waals surface area contributed by atoms with E-state index in [2.05, 4.69) is 17.0 Å². The van der Waals surface area contributed by atoms with Gasteiger partial charge in [-0.1, -0.05) is 11.6 Å². The van der Waals surface area contributed by atoms with Gasteiger partial charge in [0.25, 0.3) is 0 Å². The van der Waals surface area contributed by atoms with Crippen molar-refractivity contribution in [2.45, 2.75) is 20.0 Å². The number of aliphatic imine (C=N–C) groups is 1. The van der Waals surface area contributed by atoms with Gasteiger partial charge in [-0.25, -0.2) is 0 Å². The number of aliphatic hydroxyl groups is 1. The highest BCUT2D eigenvalue weighted by atomic mass is 16.3. The second kappa shape index (κ2) is 7.00. The molecule has 3 nitrogen and oxygen atoms in total. The summed E-state index contributed by atoms with van der Waals surface area (Å²) in [4.78, 5) is 3.72. The van der Waals surface area contributed by atoms with Crippen LogP contribution < -0.4 is 5.32 Å². The van der Waals surface area contributed by atoms with Crippen molar-refractivity contribution >= 4 is 6.72 Å². The van der Waals surface area contributed by atoms with Crippen LogP contribution >= 0.6 is 0 Å². The third-order valence-electron chi connectivity index (χ3n) is 1.41. The largest absolute Gasteiger partial charge is 0.392 e. The SMILES string of the molecule is C=NC/C=C(/C)CNCC(C)O. The van der Waals surface area contributed by atoms with Crippen molar-refractivity contribution in [1.82, 2.24) is 5.32 Å². The third-order valence-corrected chi connectivity index (χ3v) is 1.41. The van der Waals surface area contributed by atoms with E-state index in [1.54, 1.807) is 6.92 Å². The van der Waals surface area contributed by atoms with Crippen LogP contribution in [0.2, 0.25) is 0 Å². The van der Waals surface area contributed by atoms with E-state index in [0.717, 1.165) is 6.54 Å². The minimum absolute atomic E-state index is 0.282. The number of nitrogens with zero attached hydrogens (tertiary/aromatic N) is 1. The Labute approximate surface area is 74.2 Å². The molecule has 0 aliphatic rings. The van der Waals surface area contributed by atoms with Gasteiger partial charge in [-0.05, 0) is 20.6 Å². The fourth-order valence-electron chi connectivity index (χ4n) is 0.771. The Morgan fingerprint density at radius 2 is 2.42 bits per heavy atom. The molecule has 0 aliphatic heterocycles. The van der Waals surface area contributed by atoms with Gasteiger partial charge in [0.05, 0.1) is 12.6 Å². The van der Waals surface area contributed by atoms with Gasteiger partial charge in [-0.2, -0.15) is 0 Å². The van der Waals surface area contributed by atoms with Gasteiger partial charge in [0, 0.05) is 13.1 Å². The Kier molecular flexibility index (Phi) is 6.61. The highest BCUT2D eigenvalue weighted by Gasteiger charge is 1.93. The molecule has 1 unspecified atom stereocenters. The zero-order valence-corrected chi connectivity index (χ0v) is 7.88. The van der Waals surface area contributed by atoms with Crippen molar-refractivity contribution in [3.8, 4) is 0 Å². The summed E-state index contributed by atoms with van der Waals surface area (Å²) in [7, 11) is 0. The number of hydrogen-bond acceptors (Lipinski definition) is 3. The zero-order valence-electron chi connectivity index (χ0n) is 7.88. The van der Waals surface area contributed by atoms with Gasteiger partial charge >= 0.3 is 0 Å². The first-order chi connectivity index (χ1) is 5.66. The van der Waals surface area contributed by atoms with E-state index in [-0.39, 0.29) is 6.10 Å². The van der Waals surface area contributed by atoms with Crippen LogP contribution in [0.1, 0.15) is 13.8 Å². The molecule has 0 radical (unpaired) electrons. The second-order valence-corrected chi connectivity index (χ2v) is 2.94. The molecule has 70 valence electrons. The Morgan fingerprint density at radius 1 is 1.75 bits per heavy atom. The monoisotopic (exact) mass is 170 g/mol. The number of rotatable bonds is 6. The lowest BCUT2D eigenvalue weighted by molar-refractivity contribution is 0.192. The molecule has 1 atom stereocenters. The molecule has 12 heavy (non-hydrogen) atoms. The van der Waals surface area contributed by atoms with Crippen molar-refractivity contribution < 1.29 is 5.11 Å². The van der Waals surface area contributed by atoms with Crippen molar-refractivity contribution in [2.24, 2.45) is 4.99 Å². The molecule has 0 saturated carbocycles. The van der Waals surface area contributed by atoms with Crippen LogP contribution in [0.5, 0.6) is 0 Å². The standard InChI is InChI=1S/C9H18N2O/c1-8(4-5-10-3)6-11-7-9(2)12/h4,9,11-12H,3,5-7H2,1-2H3/b8-4-. The third kappa shape index (κ3) is 7.44. The maximum absolute atomic E-state index is 8.93. The maximum atomic E-state index is 8.93. The van der Waals surface area contributed by atoms with E-state index in [9.17, 15) is 0 Å². The molecule has 0 bridgehead atoms. The van der Waals surface area contributed by atoms with E-state index in [0.29, 0.717) is 13.1 Å². The molecular weight excluding hydrogens is 152 g/mol. The van der Waals surface area contributed by atoms with Crippen LogP contribution in [-0.4, -0.2) is 37.6 Å². The average Bonchev–Trinajstić information content (AvgIpc) is 2.00. The number of aliphatic hydroxyl groups excluding tert-OH is 1. The van der Waals surface area contributed by atoms with E-state index in [1.165, 1.54) is 5.57 Å². The predicted octanol–water partition coefficient (Wildman–Crippen LogP) is 0.604. The fourth-order valence-corrected chi connectivity index (χ4v) is 0.771. The molecule has 0 amide bonds. The molecule has 3 heteroatoms. The second-order valence-electron chi connectivity index (χ2n) is 2.94. The summed E-state index contributed by atoms with van der Waals surface area (Å²) in [5, 5.41) is 12.0. The topological polar surface area (TPSA) is 44.6 Å². The van der Waals surface area contributed by atoms with Gasteiger partial charge in [0.2, 0.25) is 0 Å². The van der Waals surface area contributed by atoms with Crippen molar-refractivity contribution in [2.75, 3.05) is 19.6 Å². The van der Waals surface area contributed by atoms with Crippen LogP contribution in [0.4, 0.5) is 0 Å². The van der Waals surface area contributed by atoms with Crippen LogP contribution in [0.25, 0.3) is 0 Å². The lowest BCUT2D eigenvalue weighted by atomic mass is 10.2. The van der Waals surface area contributed by atoms with Crippen molar-refractivity contribution in [3.05, 3.63) is 11.6 Å². The first-order valence-corrected chi connectivity index (χ1v) is 4.13. The summed E-state index contributed by atoms with van der Waals surface area (Å²) in [5.74, 6) is 0. The summed E-state index contributed by atoms with van der Waals surface area (Å²) in [6.45, 7) is 9.28. The minimum atomic E-state index is -0.282. The summed E-state index contributed by atoms with van der Waals surface area (Å²) in [5.41, 5.74) is 1.23. The molecule has 0 spiro atoms. The lowest BCUT2D eigenvalue weighted by Crippen LogP contribution is -2.25. The zero-order chi connectivity index (χ0) is 9.40. The first-order valence-electron chi connectivity index (χ1n) is 4.13. The number of hydrogen-bond donors (Lipinski definition) is 2. The Hall–Kier alpha value is -0.670. The van der Waals surface area contributed by atoms with Crippen LogP contribution in [0, 0.1) is 0 Å². The molecule has 0 rings (SSSR count). The highest BCUT2D eigenvalue weighted by molar-refractivity contribution is 5.24. The molecule has 0 heterocycles. The molecule has 0 aromatic rings. The molecule has 0 aliphatic carbocycles. The maximum Gasteiger partial charge on any atom is 0.0636 e. The molecule has 0 saturated heterocycles. The van der Waals surface area contributed by atoms with E-state index < -0.39 is 0 Å². The van der Waals surface area contributed by atoms with Crippen LogP contribution in [-0.2, 0) is 0 Å². The van der Waals surface area contributed by atoms with Gasteiger partial charge in [-0.15, -0.1) is 0 Å². The molecule has 0 aromatic carbocycles. The van der Waals surface area contributed by atoms with E-state index >= 15 is 0 Å². The smallest absolute Gasteiger partial charge is 0.0636 e. The summed E-state index contributed by atoms with van der Waals surface area (Å²) in [6.07, 6.45) is 1.73. The summed E-state index contributed by atoms with van der Waals surface area (Å²) < 4.78 is 0. The van der Waals surface area contributed by atoms with Gasteiger partial charge in [-0.3, -0.25) is 4.99 Å². The molecular formula is C9H18N2O. The van der Waals surface area contributed by atoms with Crippen molar-refractivity contribution in [3.63, 3.8) is 0 Å². The van der Waals surface area contributed by atoms with Crippen LogP contribution in [0.3, 0.4) is 0 Å². The predicted molar refractivity (Wildman–Crippen MR) is 52.7 cm³/mol. The lowest BCUT2D eigenvalue weighted by Gasteiger charge is -2.06. The fraction of sp³-hybridized carbons (Fsp3) is 0.667. The Morgan fingerprint density at radius 3 is 2.92 bits per heavy atom. The van der Waals surface area contributed by atoms with Crippen molar-refractivity contribution in [1.29, 1.82) is 0 Å². The van der Waals surface area contributed by atoms with Gasteiger partial charge < -0.3 is 10.4 Å². The minimum Gasteiger partial charge on any atom is -0.392 e. The van der Waals surface area contributed by atoms with Crippen LogP contribution in [0.15, 0.2) is 16.6 Å². The normalized spacial score (nSPS) is 14.4. The highest BCUT2D eigenvalue weighted by Crippen LogP contribution is 1.89. The Bertz CT molecular complexity index is 153. The molecule has 0 fully saturated rings. The quantitative estimate of drug-likeness (QED) is 0.453.